The fraction of sp³-hybridized carbons (Fsp3) is 0.259. The molecule has 3 aromatic rings. The van der Waals surface area contributed by atoms with E-state index in [1.165, 1.54) is 11.8 Å². The monoisotopic (exact) mass is 545 g/mol. The molecule has 0 spiro atoms. The minimum Gasteiger partial charge on any atom is -0.272 e. The first-order valence-electron chi connectivity index (χ1n) is 11.4. The zero-order valence-corrected chi connectivity index (χ0v) is 23.0. The molecule has 0 unspecified atom stereocenters. The van der Waals surface area contributed by atoms with Crippen molar-refractivity contribution in [2.24, 2.45) is 5.10 Å². The highest BCUT2D eigenvalue weighted by Crippen LogP contribution is 2.28. The lowest BCUT2D eigenvalue weighted by molar-refractivity contribution is -0.121. The molecule has 0 aliphatic rings. The van der Waals surface area contributed by atoms with Gasteiger partial charge >= 0.3 is 0 Å². The van der Waals surface area contributed by atoms with E-state index >= 15 is 0 Å². The molecule has 9 heteroatoms. The molecular formula is C27H29Cl2N3O3S. The average molecular weight is 547 g/mol. The Morgan fingerprint density at radius 3 is 2.14 bits per heavy atom. The number of benzene rings is 3. The van der Waals surface area contributed by atoms with Crippen LogP contribution < -0.4 is 5.43 Å². The summed E-state index contributed by atoms with van der Waals surface area (Å²) in [6, 6.07) is 16.3. The van der Waals surface area contributed by atoms with Gasteiger partial charge in [-0.15, -0.1) is 0 Å². The summed E-state index contributed by atoms with van der Waals surface area (Å²) in [6.45, 7) is 6.98. The summed E-state index contributed by atoms with van der Waals surface area (Å²) in [4.78, 5) is 13.0. The quantitative estimate of drug-likeness (QED) is 0.271. The number of carbonyl (C=O) groups excluding carboxylic acids is 1. The van der Waals surface area contributed by atoms with Gasteiger partial charge in [0, 0.05) is 6.54 Å². The van der Waals surface area contributed by atoms with Crippen molar-refractivity contribution in [3.8, 4) is 0 Å². The van der Waals surface area contributed by atoms with Gasteiger partial charge in [-0.3, -0.25) is 4.79 Å². The second-order valence-electron chi connectivity index (χ2n) is 8.64. The van der Waals surface area contributed by atoms with Crippen molar-refractivity contribution in [2.75, 3.05) is 6.54 Å². The van der Waals surface area contributed by atoms with Crippen LogP contribution in [0.3, 0.4) is 0 Å². The summed E-state index contributed by atoms with van der Waals surface area (Å²) in [5.41, 5.74) is 7.23. The molecule has 6 nitrogen and oxygen atoms in total. The highest BCUT2D eigenvalue weighted by atomic mass is 35.5. The number of hydrogen-bond donors (Lipinski definition) is 1. The van der Waals surface area contributed by atoms with Crippen LogP contribution in [-0.4, -0.2) is 31.4 Å². The molecule has 0 saturated carbocycles. The Balaban J connectivity index is 1.87. The Bertz CT molecular complexity index is 1360. The summed E-state index contributed by atoms with van der Waals surface area (Å²) in [7, 11) is -4.04. The van der Waals surface area contributed by atoms with Gasteiger partial charge in [0.05, 0.1) is 27.7 Å². The van der Waals surface area contributed by atoms with Gasteiger partial charge in [-0.2, -0.15) is 9.41 Å². The number of hydrogen-bond acceptors (Lipinski definition) is 4. The number of rotatable bonds is 9. The van der Waals surface area contributed by atoms with Gasteiger partial charge in [-0.05, 0) is 67.1 Å². The van der Waals surface area contributed by atoms with E-state index < -0.39 is 22.5 Å². The molecule has 1 N–H and O–H groups in total. The van der Waals surface area contributed by atoms with Crippen LogP contribution in [0.1, 0.15) is 40.3 Å². The fourth-order valence-electron chi connectivity index (χ4n) is 3.98. The standard InChI is InChI=1S/C27H29Cl2N3O3S/c1-5-21-6-8-22(9-7-21)15-30-31-26(33)17-32(16-23-10-11-24(28)25(29)14-23)36(34,35)27-19(3)12-18(2)13-20(27)4/h6-15H,5,16-17H2,1-4H3,(H,31,33)/b30-15+. The third-order valence-corrected chi connectivity index (χ3v) is 8.49. The number of hydrazone groups is 1. The smallest absolute Gasteiger partial charge is 0.255 e. The van der Waals surface area contributed by atoms with Crippen LogP contribution >= 0.6 is 23.2 Å². The van der Waals surface area contributed by atoms with Crippen molar-refractivity contribution in [3.05, 3.63) is 98.0 Å². The van der Waals surface area contributed by atoms with Crippen molar-refractivity contribution in [3.63, 3.8) is 0 Å². The molecule has 190 valence electrons. The van der Waals surface area contributed by atoms with E-state index in [0.29, 0.717) is 26.7 Å². The van der Waals surface area contributed by atoms with Crippen LogP contribution in [0.15, 0.2) is 64.6 Å². The minimum atomic E-state index is -4.04. The molecule has 3 rings (SSSR count). The molecule has 0 aromatic heterocycles. The van der Waals surface area contributed by atoms with E-state index in [2.05, 4.69) is 17.5 Å². The maximum atomic E-state index is 13.8. The Hall–Kier alpha value is -2.71. The topological polar surface area (TPSA) is 78.8 Å². The molecule has 3 aromatic carbocycles. The largest absolute Gasteiger partial charge is 0.272 e. The molecule has 36 heavy (non-hydrogen) atoms. The van der Waals surface area contributed by atoms with E-state index in [-0.39, 0.29) is 11.4 Å². The average Bonchev–Trinajstić information content (AvgIpc) is 2.80. The van der Waals surface area contributed by atoms with Gasteiger partial charge < -0.3 is 0 Å². The third-order valence-electron chi connectivity index (χ3n) is 5.66. The number of aryl methyl sites for hydroxylation is 4. The van der Waals surface area contributed by atoms with Gasteiger partial charge in [-0.25, -0.2) is 13.8 Å². The Morgan fingerprint density at radius 2 is 1.56 bits per heavy atom. The van der Waals surface area contributed by atoms with Crippen LogP contribution in [0.5, 0.6) is 0 Å². The first kappa shape index (κ1) is 27.9. The van der Waals surface area contributed by atoms with Crippen molar-refractivity contribution in [1.82, 2.24) is 9.73 Å². The zero-order chi connectivity index (χ0) is 26.5. The van der Waals surface area contributed by atoms with Gasteiger partial charge in [0.1, 0.15) is 0 Å². The van der Waals surface area contributed by atoms with E-state index in [4.69, 9.17) is 23.2 Å². The van der Waals surface area contributed by atoms with E-state index in [1.54, 1.807) is 32.0 Å². The molecule has 0 bridgehead atoms. The first-order chi connectivity index (χ1) is 17.0. The van der Waals surface area contributed by atoms with Gasteiger partial charge in [0.2, 0.25) is 10.0 Å². The summed E-state index contributed by atoms with van der Waals surface area (Å²) < 4.78 is 28.7. The second kappa shape index (κ2) is 12.0. The normalized spacial score (nSPS) is 11.9. The molecule has 0 saturated heterocycles. The maximum absolute atomic E-state index is 13.8. The van der Waals surface area contributed by atoms with Crippen LogP contribution in [0.2, 0.25) is 10.0 Å². The SMILES string of the molecule is CCc1ccc(/C=N/NC(=O)CN(Cc2ccc(Cl)c(Cl)c2)S(=O)(=O)c2c(C)cc(C)cc2C)cc1. The highest BCUT2D eigenvalue weighted by molar-refractivity contribution is 7.89. The van der Waals surface area contributed by atoms with E-state index in [1.807, 2.05) is 43.3 Å². The molecule has 0 aliphatic heterocycles. The third kappa shape index (κ3) is 6.95. The summed E-state index contributed by atoms with van der Waals surface area (Å²) in [6.07, 6.45) is 2.45. The van der Waals surface area contributed by atoms with Crippen LogP contribution in [0.25, 0.3) is 0 Å². The lowest BCUT2D eigenvalue weighted by Crippen LogP contribution is -2.39. The van der Waals surface area contributed by atoms with E-state index in [0.717, 1.165) is 21.9 Å². The number of amides is 1. The maximum Gasteiger partial charge on any atom is 0.255 e. The lowest BCUT2D eigenvalue weighted by Gasteiger charge is -2.24. The van der Waals surface area contributed by atoms with Crippen molar-refractivity contribution in [1.29, 1.82) is 0 Å². The molecular weight excluding hydrogens is 517 g/mol. The Labute approximate surface area is 223 Å². The zero-order valence-electron chi connectivity index (χ0n) is 20.7. The molecule has 0 atom stereocenters. The van der Waals surface area contributed by atoms with Crippen LogP contribution in [-0.2, 0) is 27.8 Å². The number of nitrogens with zero attached hydrogens (tertiary/aromatic N) is 2. The van der Waals surface area contributed by atoms with Gasteiger partial charge in [0.25, 0.3) is 5.91 Å². The van der Waals surface area contributed by atoms with Crippen molar-refractivity contribution in [2.45, 2.75) is 45.6 Å². The number of halogens is 2. The minimum absolute atomic E-state index is 0.0679. The fourth-order valence-corrected chi connectivity index (χ4v) is 6.10. The first-order valence-corrected chi connectivity index (χ1v) is 13.6. The highest BCUT2D eigenvalue weighted by Gasteiger charge is 2.30. The molecule has 0 radical (unpaired) electrons. The summed E-state index contributed by atoms with van der Waals surface area (Å²) in [5, 5.41) is 4.66. The summed E-state index contributed by atoms with van der Waals surface area (Å²) in [5.74, 6) is -0.567. The number of carbonyl (C=O) groups is 1. The van der Waals surface area contributed by atoms with Crippen molar-refractivity contribution >= 4 is 45.3 Å². The van der Waals surface area contributed by atoms with E-state index in [9.17, 15) is 13.2 Å². The predicted octanol–water partition coefficient (Wildman–Crippen LogP) is 5.82. The Morgan fingerprint density at radius 1 is 0.944 bits per heavy atom. The van der Waals surface area contributed by atoms with Gasteiger partial charge in [0.15, 0.2) is 0 Å². The predicted molar refractivity (Wildman–Crippen MR) is 146 cm³/mol. The van der Waals surface area contributed by atoms with Crippen LogP contribution in [0, 0.1) is 20.8 Å². The number of nitrogens with one attached hydrogen (secondary N) is 1. The van der Waals surface area contributed by atoms with Gasteiger partial charge in [-0.1, -0.05) is 78.2 Å². The molecule has 0 fully saturated rings. The van der Waals surface area contributed by atoms with Crippen molar-refractivity contribution < 1.29 is 13.2 Å². The molecule has 0 aliphatic carbocycles. The molecule has 0 heterocycles. The van der Waals surface area contributed by atoms with Crippen LogP contribution in [0.4, 0.5) is 0 Å². The summed E-state index contributed by atoms with van der Waals surface area (Å²) >= 11 is 12.2. The second-order valence-corrected chi connectivity index (χ2v) is 11.3. The molecule has 1 amide bonds. The number of sulfonamides is 1. The lowest BCUT2D eigenvalue weighted by atomic mass is 10.1. The Kier molecular flexibility index (Phi) is 9.30.